The molecule has 1 atom stereocenters. The van der Waals surface area contributed by atoms with Crippen LogP contribution in [0.2, 0.25) is 0 Å². The number of nitriles is 2. The van der Waals surface area contributed by atoms with Crippen molar-refractivity contribution in [3.05, 3.63) is 53.7 Å². The van der Waals surface area contributed by atoms with Gasteiger partial charge in [0.1, 0.15) is 0 Å². The minimum atomic E-state index is -0.212. The third kappa shape index (κ3) is 3.40. The van der Waals surface area contributed by atoms with Gasteiger partial charge in [0, 0.05) is 18.4 Å². The summed E-state index contributed by atoms with van der Waals surface area (Å²) in [5.74, 6) is 0.0418. The fourth-order valence-electron chi connectivity index (χ4n) is 2.61. The molecule has 3 rings (SSSR count). The summed E-state index contributed by atoms with van der Waals surface area (Å²) in [5, 5.41) is 18.3. The first-order valence-corrected chi connectivity index (χ1v) is 8.43. The number of carbonyl (C=O) groups is 1. The highest BCUT2D eigenvalue weighted by Gasteiger charge is 2.30. The average Bonchev–Trinajstić information content (AvgIpc) is 2.64. The summed E-state index contributed by atoms with van der Waals surface area (Å²) in [5.41, 5.74) is 1.93. The maximum absolute atomic E-state index is 12.8. The number of aromatic nitrogens is 1. The fraction of sp³-hybridized carbons (Fsp3) is 0.222. The van der Waals surface area contributed by atoms with E-state index in [-0.39, 0.29) is 11.2 Å². The van der Waals surface area contributed by atoms with E-state index in [1.54, 1.807) is 47.5 Å². The van der Waals surface area contributed by atoms with Crippen molar-refractivity contribution in [2.75, 3.05) is 11.4 Å². The molecule has 0 aliphatic carbocycles. The van der Waals surface area contributed by atoms with Crippen molar-refractivity contribution in [1.29, 1.82) is 10.5 Å². The van der Waals surface area contributed by atoms with Gasteiger partial charge in [-0.3, -0.25) is 4.79 Å². The molecule has 6 heteroatoms. The van der Waals surface area contributed by atoms with E-state index < -0.39 is 0 Å². The third-order valence-electron chi connectivity index (χ3n) is 3.82. The zero-order valence-electron chi connectivity index (χ0n) is 12.8. The first-order valence-electron chi connectivity index (χ1n) is 7.55. The van der Waals surface area contributed by atoms with Gasteiger partial charge in [0.05, 0.1) is 33.5 Å². The van der Waals surface area contributed by atoms with Crippen LogP contribution < -0.4 is 4.90 Å². The van der Waals surface area contributed by atoms with Crippen molar-refractivity contribution in [2.45, 2.75) is 23.1 Å². The number of thioether (sulfide) groups is 1. The quantitative estimate of drug-likeness (QED) is 0.861. The van der Waals surface area contributed by atoms with E-state index in [4.69, 9.17) is 10.5 Å². The number of nitrogens with zero attached hydrogens (tertiary/aromatic N) is 4. The minimum Gasteiger partial charge on any atom is -0.311 e. The van der Waals surface area contributed by atoms with Crippen LogP contribution in [0.25, 0.3) is 0 Å². The van der Waals surface area contributed by atoms with Gasteiger partial charge in [-0.05, 0) is 49.2 Å². The molecule has 0 bridgehead atoms. The second-order valence-corrected chi connectivity index (χ2v) is 6.61. The normalized spacial score (nSPS) is 17.2. The Kier molecular flexibility index (Phi) is 4.79. The molecule has 0 saturated carbocycles. The van der Waals surface area contributed by atoms with Crippen molar-refractivity contribution >= 4 is 23.4 Å². The lowest BCUT2D eigenvalue weighted by Crippen LogP contribution is -2.43. The number of benzene rings is 1. The molecule has 1 saturated heterocycles. The van der Waals surface area contributed by atoms with E-state index in [1.807, 2.05) is 0 Å². The summed E-state index contributed by atoms with van der Waals surface area (Å²) in [6, 6.07) is 14.6. The highest BCUT2D eigenvalue weighted by atomic mass is 32.2. The molecule has 1 aliphatic rings. The lowest BCUT2D eigenvalue weighted by Gasteiger charge is -2.31. The lowest BCUT2D eigenvalue weighted by atomic mass is 10.1. The second-order valence-electron chi connectivity index (χ2n) is 5.39. The molecule has 0 N–H and O–H groups in total. The summed E-state index contributed by atoms with van der Waals surface area (Å²) >= 11 is 1.40. The summed E-state index contributed by atoms with van der Waals surface area (Å²) < 4.78 is 0. The highest BCUT2D eigenvalue weighted by Crippen LogP contribution is 2.31. The minimum absolute atomic E-state index is 0.0418. The molecule has 1 aliphatic heterocycles. The van der Waals surface area contributed by atoms with Gasteiger partial charge in [0.15, 0.2) is 0 Å². The Morgan fingerprint density at radius 1 is 1.12 bits per heavy atom. The number of rotatable bonds is 3. The topological polar surface area (TPSA) is 80.8 Å². The molecule has 1 aromatic heterocycles. The van der Waals surface area contributed by atoms with Crippen LogP contribution in [-0.2, 0) is 4.79 Å². The standard InChI is InChI=1S/C18H14N4OS/c19-11-13-3-5-15(6-4-13)22-9-1-2-16(18(22)23)24-17-10-14(12-20)7-8-21-17/h3-8,10,16H,1-2,9H2/t16-/m0/s1. The van der Waals surface area contributed by atoms with Gasteiger partial charge in [0.25, 0.3) is 0 Å². The molecule has 0 radical (unpaired) electrons. The van der Waals surface area contributed by atoms with Crippen LogP contribution in [0.1, 0.15) is 24.0 Å². The Labute approximate surface area is 144 Å². The molecule has 0 unspecified atom stereocenters. The Morgan fingerprint density at radius 3 is 2.58 bits per heavy atom. The van der Waals surface area contributed by atoms with Crippen molar-refractivity contribution in [1.82, 2.24) is 4.98 Å². The van der Waals surface area contributed by atoms with Gasteiger partial charge in [-0.25, -0.2) is 4.98 Å². The van der Waals surface area contributed by atoms with Gasteiger partial charge < -0.3 is 4.90 Å². The van der Waals surface area contributed by atoms with Gasteiger partial charge in [-0.15, -0.1) is 0 Å². The molecule has 2 aromatic rings. The number of carbonyl (C=O) groups excluding carboxylic acids is 1. The first-order chi connectivity index (χ1) is 11.7. The number of piperidine rings is 1. The van der Waals surface area contributed by atoms with E-state index in [0.717, 1.165) is 18.5 Å². The third-order valence-corrected chi connectivity index (χ3v) is 5.01. The Morgan fingerprint density at radius 2 is 1.88 bits per heavy atom. The van der Waals surface area contributed by atoms with Crippen molar-refractivity contribution < 1.29 is 4.79 Å². The Balaban J connectivity index is 1.77. The predicted octanol–water partition coefficient (Wildman–Crippen LogP) is 3.11. The highest BCUT2D eigenvalue weighted by molar-refractivity contribution is 8.00. The van der Waals surface area contributed by atoms with Gasteiger partial charge in [-0.1, -0.05) is 11.8 Å². The molecular weight excluding hydrogens is 320 g/mol. The van der Waals surface area contributed by atoms with E-state index in [2.05, 4.69) is 17.1 Å². The molecular formula is C18H14N4OS. The number of hydrogen-bond donors (Lipinski definition) is 0. The summed E-state index contributed by atoms with van der Waals surface area (Å²) in [6.45, 7) is 0.674. The molecule has 1 aromatic carbocycles. The lowest BCUT2D eigenvalue weighted by molar-refractivity contribution is -0.119. The van der Waals surface area contributed by atoms with Crippen molar-refractivity contribution in [3.8, 4) is 12.1 Å². The summed E-state index contributed by atoms with van der Waals surface area (Å²) in [6.07, 6.45) is 3.28. The van der Waals surface area contributed by atoms with Crippen LogP contribution >= 0.6 is 11.8 Å². The smallest absolute Gasteiger partial charge is 0.240 e. The largest absolute Gasteiger partial charge is 0.311 e. The predicted molar refractivity (Wildman–Crippen MR) is 91.3 cm³/mol. The molecule has 118 valence electrons. The molecule has 1 fully saturated rings. The zero-order valence-corrected chi connectivity index (χ0v) is 13.7. The van der Waals surface area contributed by atoms with E-state index in [0.29, 0.717) is 22.7 Å². The van der Waals surface area contributed by atoms with Crippen molar-refractivity contribution in [2.24, 2.45) is 0 Å². The summed E-state index contributed by atoms with van der Waals surface area (Å²) in [7, 11) is 0. The molecule has 1 amide bonds. The van der Waals surface area contributed by atoms with Crippen LogP contribution in [0.4, 0.5) is 5.69 Å². The molecule has 0 spiro atoms. The zero-order chi connectivity index (χ0) is 16.9. The molecule has 5 nitrogen and oxygen atoms in total. The number of amides is 1. The maximum atomic E-state index is 12.8. The van der Waals surface area contributed by atoms with Gasteiger partial charge in [0.2, 0.25) is 5.91 Å². The van der Waals surface area contributed by atoms with Crippen molar-refractivity contribution in [3.63, 3.8) is 0 Å². The Hall–Kier alpha value is -2.83. The SMILES string of the molecule is N#Cc1ccc(N2CCC[C@H](Sc3cc(C#N)ccn3)C2=O)cc1. The number of anilines is 1. The maximum Gasteiger partial charge on any atom is 0.240 e. The van der Waals surface area contributed by atoms with E-state index >= 15 is 0 Å². The molecule has 2 heterocycles. The van der Waals surface area contributed by atoms with Crippen LogP contribution in [0.5, 0.6) is 0 Å². The van der Waals surface area contributed by atoms with Crippen LogP contribution in [-0.4, -0.2) is 22.7 Å². The van der Waals surface area contributed by atoms with Crippen LogP contribution in [0.3, 0.4) is 0 Å². The van der Waals surface area contributed by atoms with Gasteiger partial charge in [-0.2, -0.15) is 10.5 Å². The summed E-state index contributed by atoms with van der Waals surface area (Å²) in [4.78, 5) is 18.8. The molecule has 24 heavy (non-hydrogen) atoms. The monoisotopic (exact) mass is 334 g/mol. The van der Waals surface area contributed by atoms with Crippen LogP contribution in [0, 0.1) is 22.7 Å². The first kappa shape index (κ1) is 16.0. The average molecular weight is 334 g/mol. The van der Waals surface area contributed by atoms with Gasteiger partial charge >= 0.3 is 0 Å². The number of hydrogen-bond acceptors (Lipinski definition) is 5. The van der Waals surface area contributed by atoms with E-state index in [9.17, 15) is 4.79 Å². The second kappa shape index (κ2) is 7.16. The van der Waals surface area contributed by atoms with Crippen LogP contribution in [0.15, 0.2) is 47.6 Å². The van der Waals surface area contributed by atoms with E-state index in [1.165, 1.54) is 11.8 Å². The Bertz CT molecular complexity index is 835. The number of pyridine rings is 1. The fourth-order valence-corrected chi connectivity index (χ4v) is 3.73.